The summed E-state index contributed by atoms with van der Waals surface area (Å²) in [4.78, 5) is 5.47. The van der Waals surface area contributed by atoms with Crippen molar-refractivity contribution in [3.63, 3.8) is 0 Å². The number of nitrogens with zero attached hydrogens (tertiary/aromatic N) is 1. The van der Waals surface area contributed by atoms with Gasteiger partial charge in [-0.2, -0.15) is 0 Å². The lowest BCUT2D eigenvalue weighted by Gasteiger charge is -2.00. The fourth-order valence-electron chi connectivity index (χ4n) is 1.37. The van der Waals surface area contributed by atoms with Crippen molar-refractivity contribution in [2.45, 2.75) is 39.0 Å². The Morgan fingerprint density at radius 1 is 1.29 bits per heavy atom. The summed E-state index contributed by atoms with van der Waals surface area (Å²) >= 11 is 1.76. The van der Waals surface area contributed by atoms with Crippen molar-refractivity contribution in [1.29, 1.82) is 0 Å². The molecule has 0 unspecified atom stereocenters. The van der Waals surface area contributed by atoms with Crippen LogP contribution in [0.3, 0.4) is 0 Å². The first-order valence-corrected chi connectivity index (χ1v) is 6.26. The number of unbranched alkanes of at least 4 members (excludes halogenated alkanes) is 3. The van der Waals surface area contributed by atoms with E-state index in [-0.39, 0.29) is 0 Å². The molecule has 14 heavy (non-hydrogen) atoms. The van der Waals surface area contributed by atoms with Gasteiger partial charge in [0.05, 0.1) is 5.51 Å². The second-order valence-corrected chi connectivity index (χ2v) is 4.30. The van der Waals surface area contributed by atoms with Gasteiger partial charge in [-0.15, -0.1) is 11.3 Å². The van der Waals surface area contributed by atoms with E-state index in [4.69, 9.17) is 4.74 Å². The zero-order chi connectivity index (χ0) is 10.1. The minimum Gasteiger partial charge on any atom is -0.382 e. The first kappa shape index (κ1) is 11.7. The van der Waals surface area contributed by atoms with Crippen molar-refractivity contribution in [3.05, 3.63) is 16.6 Å². The minimum atomic E-state index is 0.848. The summed E-state index contributed by atoms with van der Waals surface area (Å²) in [6.07, 6.45) is 8.26. The van der Waals surface area contributed by atoms with E-state index in [1.165, 1.54) is 37.0 Å². The Kier molecular flexibility index (Phi) is 6.62. The molecule has 0 saturated heterocycles. The zero-order valence-electron chi connectivity index (χ0n) is 8.87. The van der Waals surface area contributed by atoms with Crippen LogP contribution in [0.15, 0.2) is 11.7 Å². The van der Waals surface area contributed by atoms with Crippen LogP contribution in [-0.4, -0.2) is 18.2 Å². The molecule has 0 aliphatic heterocycles. The van der Waals surface area contributed by atoms with E-state index in [2.05, 4.69) is 4.98 Å². The predicted molar refractivity (Wildman–Crippen MR) is 60.8 cm³/mol. The molecule has 0 saturated carbocycles. The lowest BCUT2D eigenvalue weighted by molar-refractivity contribution is 0.143. The topological polar surface area (TPSA) is 22.1 Å². The Balaban J connectivity index is 1.85. The van der Waals surface area contributed by atoms with Gasteiger partial charge in [0.25, 0.3) is 0 Å². The van der Waals surface area contributed by atoms with Gasteiger partial charge in [0.2, 0.25) is 0 Å². The fraction of sp³-hybridized carbons (Fsp3) is 0.727. The summed E-state index contributed by atoms with van der Waals surface area (Å²) in [5.74, 6) is 0. The smallest absolute Gasteiger partial charge is 0.0794 e. The Morgan fingerprint density at radius 3 is 2.86 bits per heavy atom. The number of ether oxygens (including phenoxy) is 1. The molecule has 1 heterocycles. The van der Waals surface area contributed by atoms with Gasteiger partial charge in [-0.25, -0.2) is 0 Å². The number of hydrogen-bond acceptors (Lipinski definition) is 3. The molecule has 3 heteroatoms. The highest BCUT2D eigenvalue weighted by Gasteiger charge is 1.94. The summed E-state index contributed by atoms with van der Waals surface area (Å²) < 4.78 is 5.28. The number of aryl methyl sites for hydroxylation is 1. The fourth-order valence-corrected chi connectivity index (χ4v) is 2.01. The lowest BCUT2D eigenvalue weighted by atomic mass is 10.1. The molecular weight excluding hydrogens is 194 g/mol. The van der Waals surface area contributed by atoms with Crippen molar-refractivity contribution < 1.29 is 4.74 Å². The average molecular weight is 213 g/mol. The van der Waals surface area contributed by atoms with E-state index in [1.54, 1.807) is 11.3 Å². The molecule has 2 nitrogen and oxygen atoms in total. The second-order valence-electron chi connectivity index (χ2n) is 3.33. The minimum absolute atomic E-state index is 0.848. The van der Waals surface area contributed by atoms with E-state index in [9.17, 15) is 0 Å². The van der Waals surface area contributed by atoms with Gasteiger partial charge in [0.15, 0.2) is 0 Å². The van der Waals surface area contributed by atoms with Crippen LogP contribution in [0.2, 0.25) is 0 Å². The van der Waals surface area contributed by atoms with Gasteiger partial charge < -0.3 is 4.74 Å². The van der Waals surface area contributed by atoms with Gasteiger partial charge >= 0.3 is 0 Å². The van der Waals surface area contributed by atoms with Crippen molar-refractivity contribution in [2.75, 3.05) is 13.2 Å². The number of thiazole rings is 1. The van der Waals surface area contributed by atoms with Crippen LogP contribution in [0.5, 0.6) is 0 Å². The predicted octanol–water partition coefficient (Wildman–Crippen LogP) is 3.28. The van der Waals surface area contributed by atoms with E-state index < -0.39 is 0 Å². The number of aromatic nitrogens is 1. The molecule has 0 N–H and O–H groups in total. The van der Waals surface area contributed by atoms with Crippen LogP contribution < -0.4 is 0 Å². The summed E-state index contributed by atoms with van der Waals surface area (Å²) in [5, 5.41) is 0. The first-order chi connectivity index (χ1) is 6.93. The van der Waals surface area contributed by atoms with Crippen LogP contribution in [0, 0.1) is 0 Å². The molecule has 1 aromatic heterocycles. The van der Waals surface area contributed by atoms with Crippen LogP contribution in [0.1, 0.15) is 37.5 Å². The van der Waals surface area contributed by atoms with E-state index >= 15 is 0 Å². The van der Waals surface area contributed by atoms with Crippen LogP contribution in [0.4, 0.5) is 0 Å². The van der Waals surface area contributed by atoms with Gasteiger partial charge in [0, 0.05) is 24.3 Å². The Hall–Kier alpha value is -0.410. The van der Waals surface area contributed by atoms with Gasteiger partial charge in [-0.05, 0) is 26.2 Å². The molecule has 80 valence electrons. The third kappa shape index (κ3) is 5.35. The highest BCUT2D eigenvalue weighted by molar-refractivity contribution is 7.09. The Labute approximate surface area is 90.3 Å². The van der Waals surface area contributed by atoms with Crippen LogP contribution >= 0.6 is 11.3 Å². The van der Waals surface area contributed by atoms with Gasteiger partial charge in [-0.1, -0.05) is 12.8 Å². The maximum absolute atomic E-state index is 5.28. The summed E-state index contributed by atoms with van der Waals surface area (Å²) in [6.45, 7) is 3.82. The molecule has 1 rings (SSSR count). The maximum atomic E-state index is 5.28. The molecule has 0 radical (unpaired) electrons. The Bertz CT molecular complexity index is 211. The molecule has 0 spiro atoms. The van der Waals surface area contributed by atoms with E-state index in [0.29, 0.717) is 0 Å². The molecule has 0 atom stereocenters. The van der Waals surface area contributed by atoms with E-state index in [0.717, 1.165) is 13.2 Å². The van der Waals surface area contributed by atoms with Gasteiger partial charge in [-0.3, -0.25) is 4.98 Å². The quantitative estimate of drug-likeness (QED) is 0.618. The molecule has 0 aliphatic carbocycles. The third-order valence-electron chi connectivity index (χ3n) is 2.15. The first-order valence-electron chi connectivity index (χ1n) is 5.38. The van der Waals surface area contributed by atoms with Crippen LogP contribution in [0.25, 0.3) is 0 Å². The maximum Gasteiger partial charge on any atom is 0.0794 e. The molecule has 0 fully saturated rings. The lowest BCUT2D eigenvalue weighted by Crippen LogP contribution is -1.93. The molecule has 0 aromatic carbocycles. The molecule has 0 bridgehead atoms. The monoisotopic (exact) mass is 213 g/mol. The van der Waals surface area contributed by atoms with Crippen molar-refractivity contribution in [1.82, 2.24) is 4.98 Å². The van der Waals surface area contributed by atoms with Gasteiger partial charge in [0.1, 0.15) is 0 Å². The average Bonchev–Trinajstić information content (AvgIpc) is 2.69. The highest BCUT2D eigenvalue weighted by Crippen LogP contribution is 2.11. The SMILES string of the molecule is CCOCCCCCCc1cncs1. The normalized spacial score (nSPS) is 10.6. The summed E-state index contributed by atoms with van der Waals surface area (Å²) in [6, 6.07) is 0. The molecular formula is C11H19NOS. The number of hydrogen-bond donors (Lipinski definition) is 0. The standard InChI is InChI=1S/C11H19NOS/c1-2-13-8-6-4-3-5-7-11-9-12-10-14-11/h9-10H,2-8H2,1H3. The van der Waals surface area contributed by atoms with Crippen LogP contribution in [-0.2, 0) is 11.2 Å². The molecule has 1 aromatic rings. The second kappa shape index (κ2) is 7.94. The third-order valence-corrected chi connectivity index (χ3v) is 2.99. The molecule has 0 aliphatic rings. The number of rotatable bonds is 8. The highest BCUT2D eigenvalue weighted by atomic mass is 32.1. The Morgan fingerprint density at radius 2 is 2.14 bits per heavy atom. The zero-order valence-corrected chi connectivity index (χ0v) is 9.68. The molecule has 0 amide bonds. The van der Waals surface area contributed by atoms with E-state index in [1.807, 2.05) is 18.6 Å². The summed E-state index contributed by atoms with van der Waals surface area (Å²) in [5.41, 5.74) is 1.91. The largest absolute Gasteiger partial charge is 0.382 e. The van der Waals surface area contributed by atoms with Crippen molar-refractivity contribution in [2.24, 2.45) is 0 Å². The summed E-state index contributed by atoms with van der Waals surface area (Å²) in [7, 11) is 0. The van der Waals surface area contributed by atoms with Crippen molar-refractivity contribution in [3.8, 4) is 0 Å². The van der Waals surface area contributed by atoms with Crippen molar-refractivity contribution >= 4 is 11.3 Å².